The molecule has 0 bridgehead atoms. The fourth-order valence-electron chi connectivity index (χ4n) is 2.19. The molecule has 0 radical (unpaired) electrons. The van der Waals surface area contributed by atoms with Crippen LogP contribution in [-0.4, -0.2) is 19.6 Å². The van der Waals surface area contributed by atoms with Gasteiger partial charge in [0, 0.05) is 30.3 Å². The standard InChI is InChI=1S/C14H14BrN5/c1-19-8-7-11(17-19)13-12(14(16)20(2)18-13)9-5-3-4-6-10(9)15/h3-8H,16H2,1-2H3. The van der Waals surface area contributed by atoms with Gasteiger partial charge >= 0.3 is 0 Å². The van der Waals surface area contributed by atoms with Crippen LogP contribution in [0.2, 0.25) is 0 Å². The van der Waals surface area contributed by atoms with E-state index in [1.165, 1.54) is 0 Å². The van der Waals surface area contributed by atoms with Crippen LogP contribution in [0.25, 0.3) is 22.5 Å². The Labute approximate surface area is 125 Å². The number of nitrogen functional groups attached to an aromatic ring is 1. The topological polar surface area (TPSA) is 61.7 Å². The number of halogens is 1. The molecular formula is C14H14BrN5. The Kier molecular flexibility index (Phi) is 3.10. The Morgan fingerprint density at radius 3 is 2.50 bits per heavy atom. The first-order valence-corrected chi connectivity index (χ1v) is 6.94. The van der Waals surface area contributed by atoms with Crippen molar-refractivity contribution in [1.29, 1.82) is 0 Å². The quantitative estimate of drug-likeness (QED) is 0.785. The largest absolute Gasteiger partial charge is 0.383 e. The summed E-state index contributed by atoms with van der Waals surface area (Å²) in [5, 5.41) is 8.93. The molecule has 0 atom stereocenters. The van der Waals surface area contributed by atoms with Crippen molar-refractivity contribution in [2.75, 3.05) is 5.73 Å². The van der Waals surface area contributed by atoms with Crippen LogP contribution in [0, 0.1) is 0 Å². The molecule has 3 aromatic rings. The Balaban J connectivity index is 2.28. The SMILES string of the molecule is Cn1ccc(-c2nn(C)c(N)c2-c2ccccc2Br)n1. The van der Waals surface area contributed by atoms with Crippen molar-refractivity contribution in [2.24, 2.45) is 14.1 Å². The van der Waals surface area contributed by atoms with Gasteiger partial charge in [-0.1, -0.05) is 34.1 Å². The first-order valence-electron chi connectivity index (χ1n) is 6.15. The summed E-state index contributed by atoms with van der Waals surface area (Å²) in [6.07, 6.45) is 1.89. The zero-order valence-electron chi connectivity index (χ0n) is 11.2. The molecule has 2 aromatic heterocycles. The summed E-state index contributed by atoms with van der Waals surface area (Å²) in [5.74, 6) is 0.623. The lowest BCUT2D eigenvalue weighted by atomic mass is 10.0. The lowest BCUT2D eigenvalue weighted by Crippen LogP contribution is -1.98. The molecule has 0 amide bonds. The van der Waals surface area contributed by atoms with Crippen LogP contribution < -0.4 is 5.73 Å². The summed E-state index contributed by atoms with van der Waals surface area (Å²) in [6, 6.07) is 9.89. The lowest BCUT2D eigenvalue weighted by molar-refractivity contribution is 0.760. The fourth-order valence-corrected chi connectivity index (χ4v) is 2.67. The highest BCUT2D eigenvalue weighted by atomic mass is 79.9. The molecule has 2 heterocycles. The highest BCUT2D eigenvalue weighted by Crippen LogP contribution is 2.38. The molecule has 0 saturated carbocycles. The monoisotopic (exact) mass is 331 g/mol. The van der Waals surface area contributed by atoms with Crippen molar-refractivity contribution in [2.45, 2.75) is 0 Å². The molecule has 0 spiro atoms. The second kappa shape index (κ2) is 4.79. The van der Waals surface area contributed by atoms with Gasteiger partial charge in [-0.05, 0) is 12.1 Å². The molecule has 0 aliphatic carbocycles. The van der Waals surface area contributed by atoms with Gasteiger partial charge in [-0.15, -0.1) is 0 Å². The predicted molar refractivity (Wildman–Crippen MR) is 83.0 cm³/mol. The van der Waals surface area contributed by atoms with Crippen molar-refractivity contribution in [3.8, 4) is 22.5 Å². The third-order valence-corrected chi connectivity index (χ3v) is 3.88. The molecule has 3 rings (SSSR count). The van der Waals surface area contributed by atoms with Gasteiger partial charge < -0.3 is 5.73 Å². The van der Waals surface area contributed by atoms with E-state index in [0.717, 1.165) is 27.0 Å². The smallest absolute Gasteiger partial charge is 0.130 e. The van der Waals surface area contributed by atoms with Gasteiger partial charge in [0.05, 0.1) is 5.56 Å². The van der Waals surface area contributed by atoms with Gasteiger partial charge in [-0.25, -0.2) is 0 Å². The number of aryl methyl sites for hydroxylation is 2. The molecule has 20 heavy (non-hydrogen) atoms. The molecular weight excluding hydrogens is 318 g/mol. The van der Waals surface area contributed by atoms with Crippen LogP contribution >= 0.6 is 15.9 Å². The summed E-state index contributed by atoms with van der Waals surface area (Å²) in [7, 11) is 3.72. The summed E-state index contributed by atoms with van der Waals surface area (Å²) in [4.78, 5) is 0. The van der Waals surface area contributed by atoms with E-state index < -0.39 is 0 Å². The van der Waals surface area contributed by atoms with E-state index in [9.17, 15) is 0 Å². The number of benzene rings is 1. The van der Waals surface area contributed by atoms with Gasteiger partial charge in [0.2, 0.25) is 0 Å². The van der Waals surface area contributed by atoms with Crippen LogP contribution in [0.4, 0.5) is 5.82 Å². The Bertz CT molecular complexity index is 772. The van der Waals surface area contributed by atoms with E-state index in [1.54, 1.807) is 9.36 Å². The molecule has 1 aromatic carbocycles. The van der Waals surface area contributed by atoms with Crippen molar-refractivity contribution in [3.05, 3.63) is 41.0 Å². The van der Waals surface area contributed by atoms with E-state index in [2.05, 4.69) is 26.1 Å². The molecule has 2 N–H and O–H groups in total. The Morgan fingerprint density at radius 2 is 1.85 bits per heavy atom. The van der Waals surface area contributed by atoms with Crippen LogP contribution in [0.5, 0.6) is 0 Å². The molecule has 5 nitrogen and oxygen atoms in total. The number of hydrogen-bond donors (Lipinski definition) is 1. The van der Waals surface area contributed by atoms with E-state index >= 15 is 0 Å². The first kappa shape index (κ1) is 12.9. The second-order valence-corrected chi connectivity index (χ2v) is 5.44. The molecule has 0 unspecified atom stereocenters. The predicted octanol–water partition coefficient (Wildman–Crippen LogP) is 2.83. The van der Waals surface area contributed by atoms with Gasteiger partial charge in [0.15, 0.2) is 0 Å². The molecule has 0 aliphatic heterocycles. The normalized spacial score (nSPS) is 10.9. The van der Waals surface area contributed by atoms with Gasteiger partial charge in [0.25, 0.3) is 0 Å². The second-order valence-electron chi connectivity index (χ2n) is 4.59. The summed E-state index contributed by atoms with van der Waals surface area (Å²) < 4.78 is 4.42. The zero-order valence-corrected chi connectivity index (χ0v) is 12.8. The minimum Gasteiger partial charge on any atom is -0.383 e. The number of nitrogens with zero attached hydrogens (tertiary/aromatic N) is 4. The number of nitrogens with two attached hydrogens (primary N) is 1. The number of rotatable bonds is 2. The highest BCUT2D eigenvalue weighted by Gasteiger charge is 2.20. The number of aromatic nitrogens is 4. The molecule has 0 fully saturated rings. The Hall–Kier alpha value is -2.08. The van der Waals surface area contributed by atoms with Crippen molar-refractivity contribution < 1.29 is 0 Å². The minimum absolute atomic E-state index is 0.623. The van der Waals surface area contributed by atoms with Crippen molar-refractivity contribution in [1.82, 2.24) is 19.6 Å². The van der Waals surface area contributed by atoms with E-state index in [0.29, 0.717) is 5.82 Å². The average Bonchev–Trinajstić information content (AvgIpc) is 2.96. The third kappa shape index (κ3) is 2.02. The van der Waals surface area contributed by atoms with Crippen LogP contribution in [-0.2, 0) is 14.1 Å². The summed E-state index contributed by atoms with van der Waals surface area (Å²) >= 11 is 3.57. The van der Waals surface area contributed by atoms with Crippen molar-refractivity contribution >= 4 is 21.7 Å². The Morgan fingerprint density at radius 1 is 1.10 bits per heavy atom. The van der Waals surface area contributed by atoms with E-state index in [4.69, 9.17) is 5.73 Å². The van der Waals surface area contributed by atoms with Crippen LogP contribution in [0.3, 0.4) is 0 Å². The lowest BCUT2D eigenvalue weighted by Gasteiger charge is -2.05. The first-order chi connectivity index (χ1) is 9.58. The van der Waals surface area contributed by atoms with Gasteiger partial charge in [0.1, 0.15) is 17.2 Å². The third-order valence-electron chi connectivity index (χ3n) is 3.19. The zero-order chi connectivity index (χ0) is 14.3. The minimum atomic E-state index is 0.623. The number of anilines is 1. The van der Waals surface area contributed by atoms with E-state index in [1.807, 2.05) is 50.6 Å². The summed E-state index contributed by atoms with van der Waals surface area (Å²) in [6.45, 7) is 0. The van der Waals surface area contributed by atoms with E-state index in [-0.39, 0.29) is 0 Å². The molecule has 0 saturated heterocycles. The maximum atomic E-state index is 6.19. The van der Waals surface area contributed by atoms with Crippen LogP contribution in [0.15, 0.2) is 41.0 Å². The maximum Gasteiger partial charge on any atom is 0.130 e. The molecule has 102 valence electrons. The maximum absolute atomic E-state index is 6.19. The highest BCUT2D eigenvalue weighted by molar-refractivity contribution is 9.10. The number of hydrogen-bond acceptors (Lipinski definition) is 3. The fraction of sp³-hybridized carbons (Fsp3) is 0.143. The van der Waals surface area contributed by atoms with Crippen molar-refractivity contribution in [3.63, 3.8) is 0 Å². The van der Waals surface area contributed by atoms with Gasteiger partial charge in [-0.3, -0.25) is 9.36 Å². The summed E-state index contributed by atoms with van der Waals surface area (Å²) in [5.41, 5.74) is 9.71. The molecule has 6 heteroatoms. The average molecular weight is 332 g/mol. The van der Waals surface area contributed by atoms with Gasteiger partial charge in [-0.2, -0.15) is 10.2 Å². The van der Waals surface area contributed by atoms with Crippen LogP contribution in [0.1, 0.15) is 0 Å². The molecule has 0 aliphatic rings.